The normalized spacial score (nSPS) is 10.2. The van der Waals surface area contributed by atoms with Crippen LogP contribution in [0.5, 0.6) is 0 Å². The zero-order valence-electron chi connectivity index (χ0n) is 9.90. The van der Waals surface area contributed by atoms with Crippen molar-refractivity contribution in [3.8, 4) is 0 Å². The maximum Gasteiger partial charge on any atom is 0.341 e. The van der Waals surface area contributed by atoms with E-state index < -0.39 is 11.8 Å². The smallest absolute Gasteiger partial charge is 0.341 e. The highest BCUT2D eigenvalue weighted by Crippen LogP contribution is 2.18. The number of nitrogens with two attached hydrogens (primary N) is 1. The van der Waals surface area contributed by atoms with Gasteiger partial charge in [0.05, 0.1) is 5.56 Å². The lowest BCUT2D eigenvalue weighted by Crippen LogP contribution is -2.08. The van der Waals surface area contributed by atoms with Gasteiger partial charge in [-0.05, 0) is 24.3 Å². The van der Waals surface area contributed by atoms with Crippen molar-refractivity contribution in [1.29, 1.82) is 0 Å². The number of benzene rings is 2. The minimum Gasteiger partial charge on any atom is -0.457 e. The van der Waals surface area contributed by atoms with E-state index in [0.717, 1.165) is 16.1 Å². The predicted octanol–water partition coefficient (Wildman–Crippen LogP) is 3.53. The van der Waals surface area contributed by atoms with E-state index in [-0.39, 0.29) is 17.9 Å². The topological polar surface area (TPSA) is 52.3 Å². The molecule has 0 amide bonds. The molecule has 3 nitrogen and oxygen atoms in total. The number of hydrogen-bond donors (Lipinski definition) is 1. The predicted molar refractivity (Wildman–Crippen MR) is 74.1 cm³/mol. The molecule has 0 atom stereocenters. The van der Waals surface area contributed by atoms with E-state index in [2.05, 4.69) is 15.9 Å². The average Bonchev–Trinajstić information content (AvgIpc) is 2.37. The van der Waals surface area contributed by atoms with E-state index in [9.17, 15) is 9.18 Å². The first-order chi connectivity index (χ1) is 9.08. The first-order valence-corrected chi connectivity index (χ1v) is 6.33. The average molecular weight is 324 g/mol. The Bertz CT molecular complexity index is 616. The second-order valence-electron chi connectivity index (χ2n) is 3.91. The van der Waals surface area contributed by atoms with Crippen LogP contribution in [0, 0.1) is 5.82 Å². The molecule has 19 heavy (non-hydrogen) atoms. The van der Waals surface area contributed by atoms with Crippen LogP contribution in [0.15, 0.2) is 46.9 Å². The molecule has 2 rings (SSSR count). The van der Waals surface area contributed by atoms with Crippen molar-refractivity contribution in [2.24, 2.45) is 0 Å². The summed E-state index contributed by atoms with van der Waals surface area (Å²) >= 11 is 3.34. The number of nitrogen functional groups attached to an aromatic ring is 1. The highest BCUT2D eigenvalue weighted by atomic mass is 79.9. The van der Waals surface area contributed by atoms with Gasteiger partial charge in [0.15, 0.2) is 0 Å². The largest absolute Gasteiger partial charge is 0.457 e. The number of hydrogen-bond acceptors (Lipinski definition) is 3. The van der Waals surface area contributed by atoms with Gasteiger partial charge < -0.3 is 10.5 Å². The monoisotopic (exact) mass is 323 g/mol. The summed E-state index contributed by atoms with van der Waals surface area (Å²) in [5, 5.41) is 0. The third kappa shape index (κ3) is 3.32. The standard InChI is InChI=1S/C14H11BrFNO2/c15-12-4-2-1-3-9(12)8-19-14(18)11-6-5-10(17)7-13(11)16/h1-7H,8,17H2. The van der Waals surface area contributed by atoms with Crippen LogP contribution in [-0.4, -0.2) is 5.97 Å². The minimum atomic E-state index is -0.715. The van der Waals surface area contributed by atoms with Crippen LogP contribution in [0.3, 0.4) is 0 Å². The van der Waals surface area contributed by atoms with Crippen LogP contribution in [-0.2, 0) is 11.3 Å². The molecule has 0 aliphatic heterocycles. The molecule has 0 unspecified atom stereocenters. The van der Waals surface area contributed by atoms with Gasteiger partial charge in [-0.1, -0.05) is 34.1 Å². The number of ether oxygens (including phenoxy) is 1. The van der Waals surface area contributed by atoms with E-state index >= 15 is 0 Å². The summed E-state index contributed by atoms with van der Waals surface area (Å²) in [6.45, 7) is 0.0735. The lowest BCUT2D eigenvalue weighted by molar-refractivity contribution is 0.0466. The number of carbonyl (C=O) groups is 1. The van der Waals surface area contributed by atoms with E-state index in [1.807, 2.05) is 24.3 Å². The number of halogens is 2. The van der Waals surface area contributed by atoms with Crippen LogP contribution in [0.1, 0.15) is 15.9 Å². The molecule has 0 aliphatic rings. The molecule has 0 spiro atoms. The van der Waals surface area contributed by atoms with E-state index in [4.69, 9.17) is 10.5 Å². The summed E-state index contributed by atoms with van der Waals surface area (Å²) in [4.78, 5) is 11.7. The second-order valence-corrected chi connectivity index (χ2v) is 4.76. The van der Waals surface area contributed by atoms with Gasteiger partial charge in [-0.25, -0.2) is 9.18 Å². The van der Waals surface area contributed by atoms with E-state index in [1.165, 1.54) is 12.1 Å². The lowest BCUT2D eigenvalue weighted by atomic mass is 10.2. The summed E-state index contributed by atoms with van der Waals surface area (Å²) < 4.78 is 19.4. The van der Waals surface area contributed by atoms with Crippen molar-refractivity contribution in [3.05, 3.63) is 63.9 Å². The van der Waals surface area contributed by atoms with E-state index in [1.54, 1.807) is 0 Å². The van der Waals surface area contributed by atoms with Crippen LogP contribution in [0.2, 0.25) is 0 Å². The first kappa shape index (κ1) is 13.5. The third-order valence-electron chi connectivity index (χ3n) is 2.53. The molecule has 0 saturated carbocycles. The Hall–Kier alpha value is -1.88. The molecule has 0 aromatic heterocycles. The zero-order chi connectivity index (χ0) is 13.8. The Labute approximate surface area is 118 Å². The maximum atomic E-state index is 13.5. The molecule has 2 aromatic carbocycles. The lowest BCUT2D eigenvalue weighted by Gasteiger charge is -2.07. The number of carbonyl (C=O) groups excluding carboxylic acids is 1. The molecular formula is C14H11BrFNO2. The van der Waals surface area contributed by atoms with Crippen molar-refractivity contribution >= 4 is 27.6 Å². The van der Waals surface area contributed by atoms with Gasteiger partial charge in [0.25, 0.3) is 0 Å². The number of rotatable bonds is 3. The molecule has 0 fully saturated rings. The van der Waals surface area contributed by atoms with Gasteiger partial charge >= 0.3 is 5.97 Å². The second kappa shape index (κ2) is 5.84. The minimum absolute atomic E-state index is 0.0735. The van der Waals surface area contributed by atoms with Crippen LogP contribution in [0.25, 0.3) is 0 Å². The van der Waals surface area contributed by atoms with Crippen molar-refractivity contribution in [2.45, 2.75) is 6.61 Å². The summed E-state index contributed by atoms with van der Waals surface area (Å²) in [7, 11) is 0. The number of esters is 1. The molecule has 2 N–H and O–H groups in total. The zero-order valence-corrected chi connectivity index (χ0v) is 11.5. The Morgan fingerprint density at radius 2 is 2.00 bits per heavy atom. The Morgan fingerprint density at radius 1 is 1.26 bits per heavy atom. The van der Waals surface area contributed by atoms with Gasteiger partial charge in [0, 0.05) is 15.7 Å². The molecule has 0 aliphatic carbocycles. The molecule has 2 aromatic rings. The fourth-order valence-electron chi connectivity index (χ4n) is 1.53. The fourth-order valence-corrected chi connectivity index (χ4v) is 1.93. The third-order valence-corrected chi connectivity index (χ3v) is 3.30. The van der Waals surface area contributed by atoms with Crippen molar-refractivity contribution in [1.82, 2.24) is 0 Å². The Balaban J connectivity index is 2.08. The highest BCUT2D eigenvalue weighted by molar-refractivity contribution is 9.10. The first-order valence-electron chi connectivity index (χ1n) is 5.53. The summed E-state index contributed by atoms with van der Waals surface area (Å²) in [6.07, 6.45) is 0. The SMILES string of the molecule is Nc1ccc(C(=O)OCc2ccccc2Br)c(F)c1. The molecule has 0 bridgehead atoms. The van der Waals surface area contributed by atoms with Gasteiger partial charge in [0.1, 0.15) is 12.4 Å². The van der Waals surface area contributed by atoms with Crippen molar-refractivity contribution < 1.29 is 13.9 Å². The molecule has 0 saturated heterocycles. The van der Waals surface area contributed by atoms with Crippen LogP contribution in [0.4, 0.5) is 10.1 Å². The van der Waals surface area contributed by atoms with Gasteiger partial charge in [-0.3, -0.25) is 0 Å². The summed E-state index contributed by atoms with van der Waals surface area (Å²) in [5.74, 6) is -1.40. The Kier molecular flexibility index (Phi) is 4.16. The molecule has 0 radical (unpaired) electrons. The van der Waals surface area contributed by atoms with Crippen LogP contribution < -0.4 is 5.73 Å². The summed E-state index contributed by atoms with van der Waals surface area (Å²) in [5.41, 5.74) is 6.37. The number of anilines is 1. The van der Waals surface area contributed by atoms with Crippen molar-refractivity contribution in [3.63, 3.8) is 0 Å². The van der Waals surface area contributed by atoms with Crippen molar-refractivity contribution in [2.75, 3.05) is 5.73 Å². The molecule has 98 valence electrons. The van der Waals surface area contributed by atoms with Gasteiger partial charge in [-0.15, -0.1) is 0 Å². The molecular weight excluding hydrogens is 313 g/mol. The quantitative estimate of drug-likeness (QED) is 0.694. The molecule has 0 heterocycles. The van der Waals surface area contributed by atoms with Gasteiger partial charge in [-0.2, -0.15) is 0 Å². The maximum absolute atomic E-state index is 13.5. The van der Waals surface area contributed by atoms with Crippen LogP contribution >= 0.6 is 15.9 Å². The molecule has 5 heteroatoms. The van der Waals surface area contributed by atoms with Gasteiger partial charge in [0.2, 0.25) is 0 Å². The highest BCUT2D eigenvalue weighted by Gasteiger charge is 2.13. The fraction of sp³-hybridized carbons (Fsp3) is 0.0714. The summed E-state index contributed by atoms with van der Waals surface area (Å²) in [6, 6.07) is 11.2. The Morgan fingerprint density at radius 3 is 2.68 bits per heavy atom. The van der Waals surface area contributed by atoms with E-state index in [0.29, 0.717) is 0 Å².